The number of rotatable bonds is 7. The maximum Gasteiger partial charge on any atom is 0.326 e. The quantitative estimate of drug-likeness (QED) is 0.695. The van der Waals surface area contributed by atoms with Gasteiger partial charge in [0.05, 0.1) is 12.5 Å². The van der Waals surface area contributed by atoms with Gasteiger partial charge in [-0.3, -0.25) is 9.59 Å². The van der Waals surface area contributed by atoms with E-state index in [0.29, 0.717) is 5.75 Å². The Morgan fingerprint density at radius 2 is 1.90 bits per heavy atom. The molecule has 0 bridgehead atoms. The number of ether oxygens (including phenoxy) is 1. The highest BCUT2D eigenvalue weighted by atomic mass is 16.5. The number of amides is 1. The van der Waals surface area contributed by atoms with Crippen molar-refractivity contribution < 1.29 is 29.3 Å². The highest BCUT2D eigenvalue weighted by Gasteiger charge is 2.23. The number of hydrogen-bond donors (Lipinski definition) is 3. The molecule has 114 valence electrons. The lowest BCUT2D eigenvalue weighted by Crippen LogP contribution is -2.42. The number of carboxylic acids is 2. The fourth-order valence-electron chi connectivity index (χ4n) is 1.60. The van der Waals surface area contributed by atoms with E-state index in [1.54, 1.807) is 12.1 Å². The number of carbonyl (C=O) groups is 3. The van der Waals surface area contributed by atoms with Crippen LogP contribution in [-0.4, -0.2) is 40.2 Å². The minimum absolute atomic E-state index is 0.0675. The molecule has 1 atom stereocenters. The van der Waals surface area contributed by atoms with Crippen molar-refractivity contribution in [1.82, 2.24) is 5.32 Å². The molecule has 7 heteroatoms. The van der Waals surface area contributed by atoms with E-state index in [1.165, 1.54) is 12.1 Å². The van der Waals surface area contributed by atoms with Crippen LogP contribution in [-0.2, 0) is 9.59 Å². The summed E-state index contributed by atoms with van der Waals surface area (Å²) in [5, 5.41) is 19.7. The normalized spacial score (nSPS) is 11.8. The standard InChI is InChI=1S/C14H17NO6/c1-8(2)21-10-5-3-4-9(6-10)13(18)15-11(14(19)20)7-12(16)17/h3-6,8,11H,7H2,1-2H3,(H,15,18)(H,16,17)(H,19,20)/t11-/m0/s1. The summed E-state index contributed by atoms with van der Waals surface area (Å²) in [6, 6.07) is 4.74. The van der Waals surface area contributed by atoms with Gasteiger partial charge in [0.1, 0.15) is 11.8 Å². The van der Waals surface area contributed by atoms with Crippen LogP contribution in [0, 0.1) is 0 Å². The van der Waals surface area contributed by atoms with Gasteiger partial charge < -0.3 is 20.3 Å². The van der Waals surface area contributed by atoms with Crippen molar-refractivity contribution in [3.63, 3.8) is 0 Å². The first-order valence-corrected chi connectivity index (χ1v) is 6.31. The molecule has 0 saturated heterocycles. The molecule has 3 N–H and O–H groups in total. The molecule has 1 rings (SSSR count). The van der Waals surface area contributed by atoms with Crippen molar-refractivity contribution in [3.8, 4) is 5.75 Å². The number of nitrogens with one attached hydrogen (secondary N) is 1. The molecule has 0 aliphatic heterocycles. The zero-order chi connectivity index (χ0) is 16.0. The third-order valence-electron chi connectivity index (χ3n) is 2.45. The molecule has 0 fully saturated rings. The number of benzene rings is 1. The van der Waals surface area contributed by atoms with E-state index in [9.17, 15) is 14.4 Å². The predicted molar refractivity (Wildman–Crippen MR) is 73.3 cm³/mol. The zero-order valence-corrected chi connectivity index (χ0v) is 11.7. The average Bonchev–Trinajstić information content (AvgIpc) is 2.36. The van der Waals surface area contributed by atoms with Crippen molar-refractivity contribution in [2.45, 2.75) is 32.4 Å². The van der Waals surface area contributed by atoms with Crippen molar-refractivity contribution in [2.75, 3.05) is 0 Å². The summed E-state index contributed by atoms with van der Waals surface area (Å²) in [4.78, 5) is 33.4. The summed E-state index contributed by atoms with van der Waals surface area (Å²) in [6.07, 6.45) is -0.759. The van der Waals surface area contributed by atoms with Gasteiger partial charge in [0, 0.05) is 5.56 Å². The fourth-order valence-corrected chi connectivity index (χ4v) is 1.60. The fraction of sp³-hybridized carbons (Fsp3) is 0.357. The molecule has 1 aromatic rings. The van der Waals surface area contributed by atoms with Gasteiger partial charge in [0.25, 0.3) is 5.91 Å². The number of hydrogen-bond acceptors (Lipinski definition) is 4. The molecule has 7 nitrogen and oxygen atoms in total. The van der Waals surface area contributed by atoms with Gasteiger partial charge in [-0.15, -0.1) is 0 Å². The molecular weight excluding hydrogens is 278 g/mol. The molecule has 0 aliphatic carbocycles. The zero-order valence-electron chi connectivity index (χ0n) is 11.7. The Balaban J connectivity index is 2.82. The molecule has 0 unspecified atom stereocenters. The molecule has 1 aromatic carbocycles. The first-order chi connectivity index (χ1) is 9.79. The number of carboxylic acid groups (broad SMARTS) is 2. The summed E-state index contributed by atoms with van der Waals surface area (Å²) < 4.78 is 5.43. The average molecular weight is 295 g/mol. The Labute approximate surface area is 121 Å². The van der Waals surface area contributed by atoms with Gasteiger partial charge in [-0.05, 0) is 32.0 Å². The summed E-state index contributed by atoms with van der Waals surface area (Å²) in [7, 11) is 0. The summed E-state index contributed by atoms with van der Waals surface area (Å²) in [6.45, 7) is 3.67. The van der Waals surface area contributed by atoms with Crippen LogP contribution < -0.4 is 10.1 Å². The lowest BCUT2D eigenvalue weighted by atomic mass is 10.1. The third kappa shape index (κ3) is 5.52. The second-order valence-electron chi connectivity index (χ2n) is 4.66. The second-order valence-corrected chi connectivity index (χ2v) is 4.66. The Bertz CT molecular complexity index is 540. The smallest absolute Gasteiger partial charge is 0.326 e. The van der Waals surface area contributed by atoms with E-state index in [0.717, 1.165) is 0 Å². The van der Waals surface area contributed by atoms with E-state index in [2.05, 4.69) is 5.32 Å². The van der Waals surface area contributed by atoms with Crippen LogP contribution in [0.3, 0.4) is 0 Å². The van der Waals surface area contributed by atoms with Crippen LogP contribution in [0.15, 0.2) is 24.3 Å². The van der Waals surface area contributed by atoms with E-state index >= 15 is 0 Å². The monoisotopic (exact) mass is 295 g/mol. The SMILES string of the molecule is CC(C)Oc1cccc(C(=O)N[C@@H](CC(=O)O)C(=O)O)c1. The van der Waals surface area contributed by atoms with Gasteiger partial charge >= 0.3 is 11.9 Å². The number of aliphatic carboxylic acids is 2. The minimum Gasteiger partial charge on any atom is -0.491 e. The molecular formula is C14H17NO6. The Morgan fingerprint density at radius 3 is 2.43 bits per heavy atom. The summed E-state index contributed by atoms with van der Waals surface area (Å²) >= 11 is 0. The van der Waals surface area contributed by atoms with Gasteiger partial charge in [0.15, 0.2) is 0 Å². The summed E-state index contributed by atoms with van der Waals surface area (Å²) in [5.74, 6) is -2.90. The largest absolute Gasteiger partial charge is 0.491 e. The minimum atomic E-state index is -1.48. The van der Waals surface area contributed by atoms with Crippen LogP contribution >= 0.6 is 0 Å². The third-order valence-corrected chi connectivity index (χ3v) is 2.45. The topological polar surface area (TPSA) is 113 Å². The van der Waals surface area contributed by atoms with Gasteiger partial charge in [-0.2, -0.15) is 0 Å². The Hall–Kier alpha value is -2.57. The molecule has 0 radical (unpaired) electrons. The first-order valence-electron chi connectivity index (χ1n) is 6.31. The first kappa shape index (κ1) is 16.5. The highest BCUT2D eigenvalue weighted by molar-refractivity contribution is 5.97. The van der Waals surface area contributed by atoms with E-state index in [-0.39, 0.29) is 11.7 Å². The molecule has 0 saturated carbocycles. The maximum absolute atomic E-state index is 12.0. The Morgan fingerprint density at radius 1 is 1.24 bits per heavy atom. The predicted octanol–water partition coefficient (Wildman–Crippen LogP) is 1.13. The highest BCUT2D eigenvalue weighted by Crippen LogP contribution is 2.15. The van der Waals surface area contributed by atoms with Crippen LogP contribution in [0.25, 0.3) is 0 Å². The lowest BCUT2D eigenvalue weighted by Gasteiger charge is -2.14. The van der Waals surface area contributed by atoms with Gasteiger partial charge in [-0.25, -0.2) is 4.79 Å². The van der Waals surface area contributed by atoms with Crippen LogP contribution in [0.4, 0.5) is 0 Å². The van der Waals surface area contributed by atoms with Crippen molar-refractivity contribution >= 4 is 17.8 Å². The van der Waals surface area contributed by atoms with Crippen molar-refractivity contribution in [1.29, 1.82) is 0 Å². The Kier molecular flexibility index (Phi) is 5.71. The molecule has 0 spiro atoms. The molecule has 21 heavy (non-hydrogen) atoms. The van der Waals surface area contributed by atoms with Gasteiger partial charge in [0.2, 0.25) is 0 Å². The molecule has 0 aromatic heterocycles. The van der Waals surface area contributed by atoms with E-state index in [4.69, 9.17) is 14.9 Å². The van der Waals surface area contributed by atoms with Gasteiger partial charge in [-0.1, -0.05) is 6.07 Å². The van der Waals surface area contributed by atoms with E-state index in [1.807, 2.05) is 13.8 Å². The van der Waals surface area contributed by atoms with Crippen molar-refractivity contribution in [3.05, 3.63) is 29.8 Å². The molecule has 0 heterocycles. The van der Waals surface area contributed by atoms with Crippen LogP contribution in [0.1, 0.15) is 30.6 Å². The maximum atomic E-state index is 12.0. The summed E-state index contributed by atoms with van der Waals surface area (Å²) in [5.41, 5.74) is 0.199. The van der Waals surface area contributed by atoms with Crippen LogP contribution in [0.5, 0.6) is 5.75 Å². The lowest BCUT2D eigenvalue weighted by molar-refractivity contribution is -0.145. The van der Waals surface area contributed by atoms with Crippen molar-refractivity contribution in [2.24, 2.45) is 0 Å². The second kappa shape index (κ2) is 7.28. The van der Waals surface area contributed by atoms with E-state index < -0.39 is 30.3 Å². The molecule has 0 aliphatic rings. The van der Waals surface area contributed by atoms with Crippen LogP contribution in [0.2, 0.25) is 0 Å². The molecule has 1 amide bonds. The number of carbonyl (C=O) groups excluding carboxylic acids is 1.